The minimum Gasteiger partial charge on any atom is -0.494 e. The normalized spacial score (nSPS) is 17.6. The molecule has 2 atom stereocenters. The molecule has 5 rings (SSSR count). The molecule has 1 fully saturated rings. The minimum absolute atomic E-state index is 0.167. The van der Waals surface area contributed by atoms with Gasteiger partial charge in [-0.25, -0.2) is 0 Å². The lowest BCUT2D eigenvalue weighted by Crippen LogP contribution is -2.30. The van der Waals surface area contributed by atoms with E-state index in [1.807, 2.05) is 73.8 Å². The Bertz CT molecular complexity index is 1310. The summed E-state index contributed by atoms with van der Waals surface area (Å²) < 4.78 is 7.71. The Kier molecular flexibility index (Phi) is 6.46. The molecule has 0 unspecified atom stereocenters. The van der Waals surface area contributed by atoms with E-state index >= 15 is 0 Å². The monoisotopic (exact) mass is 508 g/mol. The van der Waals surface area contributed by atoms with Crippen LogP contribution in [0.4, 0.5) is 5.69 Å². The second-order valence-electron chi connectivity index (χ2n) is 7.82. The first-order valence-electron chi connectivity index (χ1n) is 10.9. The Balaban J connectivity index is 1.64. The molecule has 0 spiro atoms. The van der Waals surface area contributed by atoms with E-state index in [1.165, 1.54) is 0 Å². The van der Waals surface area contributed by atoms with Gasteiger partial charge in [-0.3, -0.25) is 4.98 Å². The number of ether oxygens (including phenoxy) is 1. The minimum atomic E-state index is -0.179. The van der Waals surface area contributed by atoms with Crippen LogP contribution in [-0.4, -0.2) is 21.3 Å². The van der Waals surface area contributed by atoms with Gasteiger partial charge in [0.2, 0.25) is 0 Å². The summed E-state index contributed by atoms with van der Waals surface area (Å²) in [5, 5.41) is 5.28. The Morgan fingerprint density at radius 3 is 2.56 bits per heavy atom. The van der Waals surface area contributed by atoms with E-state index in [4.69, 9.17) is 40.2 Å². The van der Waals surface area contributed by atoms with E-state index in [2.05, 4.69) is 25.8 Å². The summed E-state index contributed by atoms with van der Waals surface area (Å²) in [4.78, 5) is 6.76. The first-order valence-corrected chi connectivity index (χ1v) is 12.1. The molecule has 0 bridgehead atoms. The average molecular weight is 509 g/mol. The second kappa shape index (κ2) is 9.66. The smallest absolute Gasteiger partial charge is 0.174 e. The van der Waals surface area contributed by atoms with Gasteiger partial charge >= 0.3 is 0 Å². The van der Waals surface area contributed by atoms with Crippen LogP contribution in [0.2, 0.25) is 10.0 Å². The molecule has 34 heavy (non-hydrogen) atoms. The first-order chi connectivity index (χ1) is 16.6. The number of halogens is 2. The van der Waals surface area contributed by atoms with Crippen molar-refractivity contribution in [3.05, 3.63) is 107 Å². The summed E-state index contributed by atoms with van der Waals surface area (Å²) in [5.74, 6) is 0.818. The highest BCUT2D eigenvalue weighted by Crippen LogP contribution is 2.43. The SMILES string of the molecule is CCOc1ccc(N2C(=S)N[C@H](c3ccccn3)[C@@H]2c2cccn2-c2ccc(Cl)cc2Cl)cc1. The van der Waals surface area contributed by atoms with E-state index in [-0.39, 0.29) is 12.1 Å². The van der Waals surface area contributed by atoms with Gasteiger partial charge < -0.3 is 19.5 Å². The molecule has 0 amide bonds. The fourth-order valence-corrected chi connectivity index (χ4v) is 5.18. The van der Waals surface area contributed by atoms with E-state index in [0.717, 1.165) is 28.5 Å². The molecular formula is C26H22Cl2N4OS. The van der Waals surface area contributed by atoms with Crippen LogP contribution >= 0.6 is 35.4 Å². The van der Waals surface area contributed by atoms with Gasteiger partial charge in [0.1, 0.15) is 11.8 Å². The van der Waals surface area contributed by atoms with Crippen molar-refractivity contribution in [3.63, 3.8) is 0 Å². The highest BCUT2D eigenvalue weighted by Gasteiger charge is 2.42. The molecule has 1 N–H and O–H groups in total. The van der Waals surface area contributed by atoms with Crippen molar-refractivity contribution in [3.8, 4) is 11.4 Å². The van der Waals surface area contributed by atoms with Crippen molar-refractivity contribution in [2.75, 3.05) is 11.5 Å². The molecule has 4 aromatic rings. The van der Waals surface area contributed by atoms with Crippen LogP contribution < -0.4 is 15.0 Å². The van der Waals surface area contributed by atoms with Crippen molar-refractivity contribution < 1.29 is 4.74 Å². The van der Waals surface area contributed by atoms with Crippen LogP contribution in [0.3, 0.4) is 0 Å². The van der Waals surface area contributed by atoms with Gasteiger partial charge in [0, 0.05) is 28.8 Å². The molecule has 1 saturated heterocycles. The molecular weight excluding hydrogens is 487 g/mol. The van der Waals surface area contributed by atoms with Gasteiger partial charge in [-0.05, 0) is 85.9 Å². The van der Waals surface area contributed by atoms with Gasteiger partial charge in [-0.1, -0.05) is 29.3 Å². The number of nitrogens with one attached hydrogen (secondary N) is 1. The molecule has 8 heteroatoms. The molecule has 2 aromatic heterocycles. The van der Waals surface area contributed by atoms with E-state index in [9.17, 15) is 0 Å². The highest BCUT2D eigenvalue weighted by atomic mass is 35.5. The third-order valence-corrected chi connectivity index (χ3v) is 6.63. The summed E-state index contributed by atoms with van der Waals surface area (Å²) in [6.07, 6.45) is 3.80. The molecule has 0 aliphatic carbocycles. The van der Waals surface area contributed by atoms with Crippen molar-refractivity contribution in [1.82, 2.24) is 14.9 Å². The van der Waals surface area contributed by atoms with Crippen molar-refractivity contribution >= 4 is 46.2 Å². The van der Waals surface area contributed by atoms with Gasteiger partial charge in [0.05, 0.1) is 29.1 Å². The zero-order valence-corrected chi connectivity index (χ0v) is 20.7. The molecule has 5 nitrogen and oxygen atoms in total. The summed E-state index contributed by atoms with van der Waals surface area (Å²) in [7, 11) is 0. The number of pyridine rings is 1. The lowest BCUT2D eigenvalue weighted by atomic mass is 10.0. The zero-order valence-electron chi connectivity index (χ0n) is 18.4. The Hall–Kier alpha value is -3.06. The fraction of sp³-hybridized carbons (Fsp3) is 0.154. The third-order valence-electron chi connectivity index (χ3n) is 5.78. The second-order valence-corrected chi connectivity index (χ2v) is 9.05. The number of aromatic nitrogens is 2. The number of anilines is 1. The van der Waals surface area contributed by atoms with Gasteiger partial charge in [-0.15, -0.1) is 0 Å². The number of thiocarbonyl (C=S) groups is 1. The third kappa shape index (κ3) is 4.25. The summed E-state index contributed by atoms with van der Waals surface area (Å²) >= 11 is 18.6. The van der Waals surface area contributed by atoms with Gasteiger partial charge in [0.15, 0.2) is 5.11 Å². The maximum atomic E-state index is 6.60. The maximum Gasteiger partial charge on any atom is 0.174 e. The van der Waals surface area contributed by atoms with E-state index in [0.29, 0.717) is 21.8 Å². The van der Waals surface area contributed by atoms with E-state index < -0.39 is 0 Å². The number of rotatable bonds is 6. The van der Waals surface area contributed by atoms with Crippen LogP contribution in [-0.2, 0) is 0 Å². The lowest BCUT2D eigenvalue weighted by molar-refractivity contribution is 0.340. The Labute approximate surface area is 213 Å². The van der Waals surface area contributed by atoms with E-state index in [1.54, 1.807) is 12.3 Å². The van der Waals surface area contributed by atoms with Crippen LogP contribution in [0.25, 0.3) is 5.69 Å². The van der Waals surface area contributed by atoms with Crippen molar-refractivity contribution in [2.45, 2.75) is 19.0 Å². The summed E-state index contributed by atoms with van der Waals surface area (Å²) in [6, 6.07) is 23.1. The van der Waals surface area contributed by atoms with Gasteiger partial charge in [0.25, 0.3) is 0 Å². The number of nitrogens with zero attached hydrogens (tertiary/aromatic N) is 3. The highest BCUT2D eigenvalue weighted by molar-refractivity contribution is 7.80. The Morgan fingerprint density at radius 1 is 1.03 bits per heavy atom. The standard InChI is InChI=1S/C26H22Cl2N4OS/c1-2-33-19-11-9-18(10-12-19)32-25(24(30-26(32)34)21-6-3-4-14-29-21)23-7-5-15-31(23)22-13-8-17(27)16-20(22)28/h3-16,24-25H,2H2,1H3,(H,30,34)/t24-,25+/m1/s1. The average Bonchev–Trinajstić information content (AvgIpc) is 3.44. The van der Waals surface area contributed by atoms with Crippen LogP contribution in [0.5, 0.6) is 5.75 Å². The zero-order chi connectivity index (χ0) is 23.7. The molecule has 1 aliphatic rings. The summed E-state index contributed by atoms with van der Waals surface area (Å²) in [5.41, 5.74) is 3.72. The maximum absolute atomic E-state index is 6.60. The molecule has 1 aliphatic heterocycles. The largest absolute Gasteiger partial charge is 0.494 e. The number of hydrogen-bond donors (Lipinski definition) is 1. The van der Waals surface area contributed by atoms with Gasteiger partial charge in [-0.2, -0.15) is 0 Å². The predicted octanol–water partition coefficient (Wildman–Crippen LogP) is 6.75. The lowest BCUT2D eigenvalue weighted by Gasteiger charge is -2.29. The number of hydrogen-bond acceptors (Lipinski definition) is 3. The molecule has 0 radical (unpaired) electrons. The van der Waals surface area contributed by atoms with Crippen molar-refractivity contribution in [2.24, 2.45) is 0 Å². The topological polar surface area (TPSA) is 42.3 Å². The first kappa shape index (κ1) is 22.7. The van der Waals surface area contributed by atoms with Crippen molar-refractivity contribution in [1.29, 1.82) is 0 Å². The van der Waals surface area contributed by atoms with Crippen LogP contribution in [0.1, 0.15) is 30.4 Å². The van der Waals surface area contributed by atoms with Crippen LogP contribution in [0, 0.1) is 0 Å². The Morgan fingerprint density at radius 2 is 1.85 bits per heavy atom. The quantitative estimate of drug-likeness (QED) is 0.291. The predicted molar refractivity (Wildman–Crippen MR) is 141 cm³/mol. The molecule has 2 aromatic carbocycles. The summed E-state index contributed by atoms with van der Waals surface area (Å²) in [6.45, 7) is 2.58. The fourth-order valence-electron chi connectivity index (χ4n) is 4.33. The van der Waals surface area contributed by atoms with Crippen LogP contribution in [0.15, 0.2) is 85.2 Å². The molecule has 3 heterocycles. The molecule has 0 saturated carbocycles. The molecule has 172 valence electrons. The number of benzene rings is 2.